The van der Waals surface area contributed by atoms with Gasteiger partial charge in [-0.1, -0.05) is 18.2 Å². The van der Waals surface area contributed by atoms with E-state index in [9.17, 15) is 14.4 Å². The second-order valence-corrected chi connectivity index (χ2v) is 4.24. The summed E-state index contributed by atoms with van der Waals surface area (Å²) < 4.78 is 5.14. The normalized spacial score (nSPS) is 9.81. The highest BCUT2D eigenvalue weighted by atomic mass is 16.5. The number of imide groups is 1. The predicted molar refractivity (Wildman–Crippen MR) is 76.3 cm³/mol. The van der Waals surface area contributed by atoms with E-state index in [0.29, 0.717) is 25.1 Å². The molecule has 0 atom stereocenters. The molecule has 0 radical (unpaired) electrons. The van der Waals surface area contributed by atoms with Gasteiger partial charge in [0.2, 0.25) is 6.41 Å². The fraction of sp³-hybridized carbons (Fsp3) is 0.357. The molecule has 0 aliphatic carbocycles. The number of nitrogens with one attached hydrogen (secondary N) is 1. The number of methoxy groups -OCH3 is 1. The number of benzene rings is 1. The van der Waals surface area contributed by atoms with Crippen molar-refractivity contribution in [2.24, 2.45) is 5.73 Å². The first-order valence-corrected chi connectivity index (χ1v) is 6.50. The van der Waals surface area contributed by atoms with Crippen molar-refractivity contribution < 1.29 is 19.1 Å². The van der Waals surface area contributed by atoms with Crippen molar-refractivity contribution in [2.45, 2.75) is 13.0 Å². The number of hydrogen-bond acceptors (Lipinski definition) is 5. The number of nitrogens with two attached hydrogens (primary N) is 1. The van der Waals surface area contributed by atoms with Gasteiger partial charge in [-0.15, -0.1) is 0 Å². The molecule has 7 heteroatoms. The number of rotatable bonds is 7. The first-order valence-electron chi connectivity index (χ1n) is 6.50. The van der Waals surface area contributed by atoms with Crippen LogP contribution in [0.4, 0.5) is 0 Å². The standard InChI is InChI=1S/C14H19N3O4/c1-21-12-6-3-2-5-11(12)9-16-13(19)14(20)17(10-18)8-4-7-15/h2-3,5-6,10H,4,7-9,15H2,1H3,(H,16,19). The van der Waals surface area contributed by atoms with Gasteiger partial charge in [0.25, 0.3) is 0 Å². The third kappa shape index (κ3) is 4.88. The number of amides is 3. The van der Waals surface area contributed by atoms with Crippen LogP contribution in [0.1, 0.15) is 12.0 Å². The lowest BCUT2D eigenvalue weighted by Gasteiger charge is -2.15. The zero-order valence-corrected chi connectivity index (χ0v) is 11.9. The van der Waals surface area contributed by atoms with Gasteiger partial charge in [-0.25, -0.2) is 0 Å². The first kappa shape index (κ1) is 16.6. The molecule has 0 aromatic heterocycles. The molecule has 114 valence electrons. The van der Waals surface area contributed by atoms with Crippen molar-refractivity contribution in [3.8, 4) is 5.75 Å². The lowest BCUT2D eigenvalue weighted by atomic mass is 10.2. The summed E-state index contributed by atoms with van der Waals surface area (Å²) in [7, 11) is 1.52. The van der Waals surface area contributed by atoms with E-state index >= 15 is 0 Å². The summed E-state index contributed by atoms with van der Waals surface area (Å²) in [4.78, 5) is 35.1. The minimum atomic E-state index is -0.895. The Balaban J connectivity index is 2.60. The van der Waals surface area contributed by atoms with E-state index in [1.165, 1.54) is 7.11 Å². The van der Waals surface area contributed by atoms with Gasteiger partial charge in [0, 0.05) is 18.7 Å². The van der Waals surface area contributed by atoms with Crippen LogP contribution in [0.25, 0.3) is 0 Å². The third-order valence-electron chi connectivity index (χ3n) is 2.82. The lowest BCUT2D eigenvalue weighted by molar-refractivity contribution is -0.148. The van der Waals surface area contributed by atoms with Crippen LogP contribution in [0.15, 0.2) is 24.3 Å². The number of carbonyl (C=O) groups excluding carboxylic acids is 3. The Bertz CT molecular complexity index is 505. The van der Waals surface area contributed by atoms with Crippen molar-refractivity contribution in [3.63, 3.8) is 0 Å². The van der Waals surface area contributed by atoms with Crippen molar-refractivity contribution in [1.82, 2.24) is 10.2 Å². The smallest absolute Gasteiger partial charge is 0.318 e. The summed E-state index contributed by atoms with van der Waals surface area (Å²) in [6.07, 6.45) is 0.783. The van der Waals surface area contributed by atoms with Gasteiger partial charge < -0.3 is 15.8 Å². The summed E-state index contributed by atoms with van der Waals surface area (Å²) >= 11 is 0. The summed E-state index contributed by atoms with van der Waals surface area (Å²) in [5.74, 6) is -1.13. The summed E-state index contributed by atoms with van der Waals surface area (Å²) in [5.41, 5.74) is 6.04. The summed E-state index contributed by atoms with van der Waals surface area (Å²) in [5, 5.41) is 2.46. The van der Waals surface area contributed by atoms with Gasteiger partial charge in [0.05, 0.1) is 7.11 Å². The second kappa shape index (κ2) is 8.70. The van der Waals surface area contributed by atoms with Crippen LogP contribution < -0.4 is 15.8 Å². The Hall–Kier alpha value is -2.41. The Morgan fingerprint density at radius 1 is 1.38 bits per heavy atom. The average Bonchev–Trinajstić information content (AvgIpc) is 2.53. The molecule has 0 aliphatic rings. The van der Waals surface area contributed by atoms with Gasteiger partial charge in [-0.2, -0.15) is 0 Å². The van der Waals surface area contributed by atoms with Gasteiger partial charge >= 0.3 is 11.8 Å². The third-order valence-corrected chi connectivity index (χ3v) is 2.82. The largest absolute Gasteiger partial charge is 0.496 e. The number of carbonyl (C=O) groups is 3. The number of hydrogen-bond donors (Lipinski definition) is 2. The minimum Gasteiger partial charge on any atom is -0.496 e. The molecule has 0 saturated carbocycles. The van der Waals surface area contributed by atoms with E-state index in [0.717, 1.165) is 10.5 Å². The number of para-hydroxylation sites is 1. The molecule has 0 heterocycles. The van der Waals surface area contributed by atoms with E-state index < -0.39 is 11.8 Å². The van der Waals surface area contributed by atoms with Crippen LogP contribution in [0.3, 0.4) is 0 Å². The SMILES string of the molecule is COc1ccccc1CNC(=O)C(=O)N(C=O)CCCN. The highest BCUT2D eigenvalue weighted by molar-refractivity contribution is 6.36. The molecule has 0 spiro atoms. The monoisotopic (exact) mass is 293 g/mol. The molecule has 3 N–H and O–H groups in total. The van der Waals surface area contributed by atoms with E-state index in [1.807, 2.05) is 0 Å². The van der Waals surface area contributed by atoms with Crippen LogP contribution in [-0.2, 0) is 20.9 Å². The van der Waals surface area contributed by atoms with E-state index in [4.69, 9.17) is 10.5 Å². The molecule has 0 fully saturated rings. The highest BCUT2D eigenvalue weighted by Gasteiger charge is 2.20. The van der Waals surface area contributed by atoms with Crippen LogP contribution >= 0.6 is 0 Å². The summed E-state index contributed by atoms with van der Waals surface area (Å²) in [6.45, 7) is 0.597. The molecule has 3 amide bonds. The lowest BCUT2D eigenvalue weighted by Crippen LogP contribution is -2.42. The number of nitrogens with zero attached hydrogens (tertiary/aromatic N) is 1. The van der Waals surface area contributed by atoms with Gasteiger partial charge in [0.1, 0.15) is 5.75 Å². The van der Waals surface area contributed by atoms with Crippen LogP contribution in [0.2, 0.25) is 0 Å². The molecule has 0 saturated heterocycles. The molecule has 1 aromatic rings. The van der Waals surface area contributed by atoms with Crippen LogP contribution in [0.5, 0.6) is 5.75 Å². The Morgan fingerprint density at radius 2 is 2.10 bits per heavy atom. The topological polar surface area (TPSA) is 102 Å². The first-order chi connectivity index (χ1) is 10.1. The maximum atomic E-state index is 11.8. The predicted octanol–water partition coefficient (Wildman–Crippen LogP) is -0.355. The van der Waals surface area contributed by atoms with E-state index in [2.05, 4.69) is 5.32 Å². The fourth-order valence-corrected chi connectivity index (χ4v) is 1.69. The van der Waals surface area contributed by atoms with Gasteiger partial charge in [0.15, 0.2) is 0 Å². The summed E-state index contributed by atoms with van der Waals surface area (Å²) in [6, 6.07) is 7.12. The van der Waals surface area contributed by atoms with Crippen molar-refractivity contribution in [1.29, 1.82) is 0 Å². The second-order valence-electron chi connectivity index (χ2n) is 4.24. The van der Waals surface area contributed by atoms with Gasteiger partial charge in [-0.3, -0.25) is 19.3 Å². The highest BCUT2D eigenvalue weighted by Crippen LogP contribution is 2.16. The van der Waals surface area contributed by atoms with Crippen LogP contribution in [-0.4, -0.2) is 43.3 Å². The fourth-order valence-electron chi connectivity index (χ4n) is 1.69. The zero-order valence-electron chi connectivity index (χ0n) is 11.9. The molecule has 1 rings (SSSR count). The maximum Gasteiger partial charge on any atom is 0.318 e. The molecule has 0 bridgehead atoms. The molecule has 7 nitrogen and oxygen atoms in total. The van der Waals surface area contributed by atoms with E-state index in [1.54, 1.807) is 24.3 Å². The van der Waals surface area contributed by atoms with Crippen molar-refractivity contribution in [2.75, 3.05) is 20.2 Å². The Morgan fingerprint density at radius 3 is 2.71 bits per heavy atom. The van der Waals surface area contributed by atoms with E-state index in [-0.39, 0.29) is 13.1 Å². The molecule has 1 aromatic carbocycles. The molecule has 21 heavy (non-hydrogen) atoms. The molecular formula is C14H19N3O4. The molecule has 0 aliphatic heterocycles. The zero-order chi connectivity index (χ0) is 15.7. The number of ether oxygens (including phenoxy) is 1. The van der Waals surface area contributed by atoms with Gasteiger partial charge in [-0.05, 0) is 19.0 Å². The molecule has 0 unspecified atom stereocenters. The van der Waals surface area contributed by atoms with Crippen LogP contribution in [0, 0.1) is 0 Å². The van der Waals surface area contributed by atoms with Crippen molar-refractivity contribution in [3.05, 3.63) is 29.8 Å². The average molecular weight is 293 g/mol. The maximum absolute atomic E-state index is 11.8. The minimum absolute atomic E-state index is 0.126. The molecular weight excluding hydrogens is 274 g/mol. The Kier molecular flexibility index (Phi) is 6.90. The quantitative estimate of drug-likeness (QED) is 0.528. The van der Waals surface area contributed by atoms with Crippen molar-refractivity contribution >= 4 is 18.2 Å². The Labute approximate surface area is 123 Å².